The predicted octanol–water partition coefficient (Wildman–Crippen LogP) is 2.52. The topological polar surface area (TPSA) is 87.3 Å². The number of nitrogens with one attached hydrogen (secondary N) is 3. The molecule has 0 atom stereocenters. The Kier molecular flexibility index (Phi) is 7.36. The maximum Gasteiger partial charge on any atom is 0.272 e. The van der Waals surface area contributed by atoms with Crippen molar-refractivity contribution in [3.05, 3.63) is 65.5 Å². The van der Waals surface area contributed by atoms with Crippen LogP contribution in [-0.4, -0.2) is 29.5 Å². The first-order valence-electron chi connectivity index (χ1n) is 8.25. The van der Waals surface area contributed by atoms with Gasteiger partial charge in [-0.3, -0.25) is 25.2 Å². The summed E-state index contributed by atoms with van der Waals surface area (Å²) in [7, 11) is 0. The largest absolute Gasteiger partial charge is 0.353 e. The molecule has 2 aromatic rings. The Labute approximate surface area is 160 Å². The van der Waals surface area contributed by atoms with Gasteiger partial charge in [0.2, 0.25) is 5.91 Å². The van der Waals surface area contributed by atoms with Gasteiger partial charge < -0.3 is 5.32 Å². The van der Waals surface area contributed by atoms with E-state index in [2.05, 4.69) is 16.2 Å². The van der Waals surface area contributed by atoms with Gasteiger partial charge in [-0.1, -0.05) is 24.3 Å². The van der Waals surface area contributed by atoms with Gasteiger partial charge in [0.25, 0.3) is 11.8 Å². The molecular weight excluding hydrogens is 369 g/mol. The SMILES string of the molecule is CC(C)NC(=O)CSc1ccccc1C(=O)NNC(=O)c1ccccc1F. The molecule has 0 saturated carbocycles. The van der Waals surface area contributed by atoms with Crippen molar-refractivity contribution >= 4 is 29.5 Å². The molecule has 2 aromatic carbocycles. The molecule has 0 aliphatic carbocycles. The van der Waals surface area contributed by atoms with E-state index in [0.717, 1.165) is 6.07 Å². The Morgan fingerprint density at radius 1 is 0.926 bits per heavy atom. The lowest BCUT2D eigenvalue weighted by molar-refractivity contribution is -0.119. The minimum Gasteiger partial charge on any atom is -0.353 e. The van der Waals surface area contributed by atoms with Crippen LogP contribution in [0.15, 0.2) is 53.4 Å². The predicted molar refractivity (Wildman–Crippen MR) is 102 cm³/mol. The first-order chi connectivity index (χ1) is 12.9. The molecule has 27 heavy (non-hydrogen) atoms. The first kappa shape index (κ1) is 20.4. The van der Waals surface area contributed by atoms with Gasteiger partial charge in [-0.05, 0) is 38.1 Å². The Bertz CT molecular complexity index is 842. The summed E-state index contributed by atoms with van der Waals surface area (Å²) in [5, 5.41) is 2.77. The Balaban J connectivity index is 1.99. The van der Waals surface area contributed by atoms with Gasteiger partial charge in [0.15, 0.2) is 0 Å². The third-order valence-electron chi connectivity index (χ3n) is 3.35. The highest BCUT2D eigenvalue weighted by atomic mass is 32.2. The fourth-order valence-corrected chi connectivity index (χ4v) is 3.04. The smallest absolute Gasteiger partial charge is 0.272 e. The van der Waals surface area contributed by atoms with Gasteiger partial charge in [-0.25, -0.2) is 4.39 Å². The summed E-state index contributed by atoms with van der Waals surface area (Å²) >= 11 is 1.21. The fraction of sp³-hybridized carbons (Fsp3) is 0.211. The van der Waals surface area contributed by atoms with Crippen LogP contribution in [0.3, 0.4) is 0 Å². The standard InChI is InChI=1S/C19H20FN3O3S/c1-12(2)21-17(24)11-27-16-10-6-4-8-14(16)19(26)23-22-18(25)13-7-3-5-9-15(13)20/h3-10,12H,11H2,1-2H3,(H,21,24)(H,22,25)(H,23,26). The molecule has 0 saturated heterocycles. The second kappa shape index (κ2) is 9.72. The quantitative estimate of drug-likeness (QED) is 0.523. The molecule has 6 nitrogen and oxygen atoms in total. The van der Waals surface area contributed by atoms with Crippen molar-refractivity contribution in [3.63, 3.8) is 0 Å². The van der Waals surface area contributed by atoms with Crippen LogP contribution in [0.2, 0.25) is 0 Å². The van der Waals surface area contributed by atoms with Crippen molar-refractivity contribution in [2.24, 2.45) is 0 Å². The van der Waals surface area contributed by atoms with Crippen LogP contribution >= 0.6 is 11.8 Å². The minimum atomic E-state index is -0.761. The van der Waals surface area contributed by atoms with Crippen LogP contribution in [-0.2, 0) is 4.79 Å². The molecule has 3 N–H and O–H groups in total. The number of benzene rings is 2. The van der Waals surface area contributed by atoms with Gasteiger partial charge in [0.05, 0.1) is 16.9 Å². The third-order valence-corrected chi connectivity index (χ3v) is 4.42. The Morgan fingerprint density at radius 3 is 2.11 bits per heavy atom. The Morgan fingerprint density at radius 2 is 1.48 bits per heavy atom. The number of amides is 3. The van der Waals surface area contributed by atoms with E-state index < -0.39 is 17.6 Å². The van der Waals surface area contributed by atoms with E-state index in [1.807, 2.05) is 13.8 Å². The zero-order valence-electron chi connectivity index (χ0n) is 14.9. The average molecular weight is 389 g/mol. The monoisotopic (exact) mass is 389 g/mol. The molecule has 3 amide bonds. The maximum absolute atomic E-state index is 13.6. The van der Waals surface area contributed by atoms with Crippen LogP contribution in [0.1, 0.15) is 34.6 Å². The molecule has 0 bridgehead atoms. The van der Waals surface area contributed by atoms with Crippen molar-refractivity contribution in [1.82, 2.24) is 16.2 Å². The molecule has 0 aliphatic heterocycles. The number of hydrogen-bond donors (Lipinski definition) is 3. The van der Waals surface area contributed by atoms with E-state index in [-0.39, 0.29) is 23.3 Å². The first-order valence-corrected chi connectivity index (χ1v) is 9.23. The minimum absolute atomic E-state index is 0.0326. The summed E-state index contributed by atoms with van der Waals surface area (Å²) < 4.78 is 13.6. The summed E-state index contributed by atoms with van der Waals surface area (Å²) in [4.78, 5) is 36.7. The van der Waals surface area contributed by atoms with Gasteiger partial charge in [-0.2, -0.15) is 0 Å². The number of halogens is 1. The van der Waals surface area contributed by atoms with E-state index in [1.165, 1.54) is 30.0 Å². The molecule has 0 fully saturated rings. The number of carbonyl (C=O) groups is 3. The zero-order chi connectivity index (χ0) is 19.8. The number of hydrogen-bond acceptors (Lipinski definition) is 4. The number of hydrazine groups is 1. The Hall–Kier alpha value is -2.87. The third kappa shape index (κ3) is 6.10. The number of thioether (sulfide) groups is 1. The molecule has 0 radical (unpaired) electrons. The summed E-state index contributed by atoms with van der Waals surface area (Å²) in [6.07, 6.45) is 0. The van der Waals surface area contributed by atoms with E-state index in [0.29, 0.717) is 10.5 Å². The molecule has 0 heterocycles. The second-order valence-electron chi connectivity index (χ2n) is 5.90. The van der Waals surface area contributed by atoms with Crippen LogP contribution < -0.4 is 16.2 Å². The lowest BCUT2D eigenvalue weighted by atomic mass is 10.2. The number of carbonyl (C=O) groups excluding carboxylic acids is 3. The van der Waals surface area contributed by atoms with Crippen LogP contribution in [0.4, 0.5) is 4.39 Å². The molecule has 2 rings (SSSR count). The highest BCUT2D eigenvalue weighted by molar-refractivity contribution is 8.00. The van der Waals surface area contributed by atoms with Crippen LogP contribution in [0, 0.1) is 5.82 Å². The molecule has 0 spiro atoms. The molecular formula is C19H20FN3O3S. The van der Waals surface area contributed by atoms with Crippen molar-refractivity contribution in [1.29, 1.82) is 0 Å². The second-order valence-corrected chi connectivity index (χ2v) is 6.91. The number of rotatable bonds is 6. The lowest BCUT2D eigenvalue weighted by Gasteiger charge is -2.12. The molecule has 0 aliphatic rings. The van der Waals surface area contributed by atoms with Crippen LogP contribution in [0.5, 0.6) is 0 Å². The molecule has 0 unspecified atom stereocenters. The zero-order valence-corrected chi connectivity index (χ0v) is 15.7. The van der Waals surface area contributed by atoms with Crippen molar-refractivity contribution in [3.8, 4) is 0 Å². The molecule has 142 valence electrons. The summed E-state index contributed by atoms with van der Waals surface area (Å²) in [6, 6.07) is 12.2. The van der Waals surface area contributed by atoms with Crippen molar-refractivity contribution < 1.29 is 18.8 Å². The summed E-state index contributed by atoms with van der Waals surface area (Å²) in [6.45, 7) is 3.73. The highest BCUT2D eigenvalue weighted by Crippen LogP contribution is 2.22. The molecule has 8 heteroatoms. The van der Waals surface area contributed by atoms with Gasteiger partial charge in [0.1, 0.15) is 5.82 Å². The van der Waals surface area contributed by atoms with E-state index in [1.54, 1.807) is 24.3 Å². The lowest BCUT2D eigenvalue weighted by Crippen LogP contribution is -2.42. The molecule has 0 aromatic heterocycles. The average Bonchev–Trinajstić information content (AvgIpc) is 2.64. The van der Waals surface area contributed by atoms with E-state index in [4.69, 9.17) is 0 Å². The van der Waals surface area contributed by atoms with Gasteiger partial charge in [-0.15, -0.1) is 11.8 Å². The highest BCUT2D eigenvalue weighted by Gasteiger charge is 2.15. The van der Waals surface area contributed by atoms with E-state index >= 15 is 0 Å². The fourth-order valence-electron chi connectivity index (χ4n) is 2.18. The summed E-state index contributed by atoms with van der Waals surface area (Å²) in [5.74, 6) is -1.99. The van der Waals surface area contributed by atoms with Gasteiger partial charge in [0, 0.05) is 10.9 Å². The van der Waals surface area contributed by atoms with Crippen LogP contribution in [0.25, 0.3) is 0 Å². The van der Waals surface area contributed by atoms with Crippen molar-refractivity contribution in [2.75, 3.05) is 5.75 Å². The van der Waals surface area contributed by atoms with E-state index in [9.17, 15) is 18.8 Å². The van der Waals surface area contributed by atoms with Crippen molar-refractivity contribution in [2.45, 2.75) is 24.8 Å². The normalized spacial score (nSPS) is 10.4. The maximum atomic E-state index is 13.6. The summed E-state index contributed by atoms with van der Waals surface area (Å²) in [5.41, 5.74) is 4.58. The van der Waals surface area contributed by atoms with Gasteiger partial charge >= 0.3 is 0 Å².